The second kappa shape index (κ2) is 8.13. The normalized spacial score (nSPS) is 21.2. The van der Waals surface area contributed by atoms with E-state index in [2.05, 4.69) is 16.0 Å². The number of fused-ring (bicyclic) bond motifs is 3. The molecule has 1 amide bonds. The first-order valence-electron chi connectivity index (χ1n) is 12.6. The van der Waals surface area contributed by atoms with Gasteiger partial charge in [-0.25, -0.2) is 4.79 Å². The van der Waals surface area contributed by atoms with Crippen LogP contribution >= 0.6 is 0 Å². The molecule has 7 rings (SSSR count). The first kappa shape index (κ1) is 22.0. The zero-order chi connectivity index (χ0) is 25.0. The smallest absolute Gasteiger partial charge is 0.341 e. The lowest BCUT2D eigenvalue weighted by Gasteiger charge is -2.27. The Balaban J connectivity index is 1.04. The number of carbonyl (C=O) groups excluding carboxylic acids is 2. The molecule has 7 heteroatoms. The maximum Gasteiger partial charge on any atom is 0.341 e. The number of nitrogens with zero attached hydrogens (tertiary/aromatic N) is 3. The maximum atomic E-state index is 13.7. The topological polar surface area (TPSA) is 81.6 Å². The van der Waals surface area contributed by atoms with Gasteiger partial charge in [-0.15, -0.1) is 0 Å². The molecule has 3 aliphatic rings. The number of hydrogen-bond acceptors (Lipinski definition) is 6. The van der Waals surface area contributed by atoms with Gasteiger partial charge in [-0.2, -0.15) is 0 Å². The highest BCUT2D eigenvalue weighted by molar-refractivity contribution is 5.95. The summed E-state index contributed by atoms with van der Waals surface area (Å²) in [6.45, 7) is 1.41. The largest absolute Gasteiger partial charge is 0.489 e. The van der Waals surface area contributed by atoms with Crippen LogP contribution in [0, 0.1) is 0 Å². The summed E-state index contributed by atoms with van der Waals surface area (Å²) in [5.74, 6) is 0.525. The molecule has 1 aliphatic carbocycles. The van der Waals surface area contributed by atoms with Gasteiger partial charge in [-0.05, 0) is 60.4 Å². The summed E-state index contributed by atoms with van der Waals surface area (Å²) in [5, 5.41) is 1.09. The lowest BCUT2D eigenvalue weighted by Crippen LogP contribution is -2.40. The van der Waals surface area contributed by atoms with Crippen LogP contribution in [0.5, 0.6) is 5.75 Å². The summed E-state index contributed by atoms with van der Waals surface area (Å²) in [6, 6.07) is 19.8. The highest BCUT2D eigenvalue weighted by Gasteiger charge is 2.57. The molecule has 2 aromatic heterocycles. The summed E-state index contributed by atoms with van der Waals surface area (Å²) < 4.78 is 11.8. The minimum absolute atomic E-state index is 0.112. The third kappa shape index (κ3) is 3.56. The third-order valence-electron chi connectivity index (χ3n) is 7.98. The van der Waals surface area contributed by atoms with Gasteiger partial charge in [0.05, 0.1) is 23.0 Å². The molecule has 4 aromatic rings. The van der Waals surface area contributed by atoms with Gasteiger partial charge in [0.15, 0.2) is 5.60 Å². The molecule has 1 spiro atoms. The van der Waals surface area contributed by atoms with E-state index in [-0.39, 0.29) is 11.9 Å². The number of pyridine rings is 2. The first-order chi connectivity index (χ1) is 18.1. The van der Waals surface area contributed by atoms with E-state index in [1.54, 1.807) is 18.6 Å². The Morgan fingerprint density at radius 1 is 1.03 bits per heavy atom. The van der Waals surface area contributed by atoms with Crippen molar-refractivity contribution < 1.29 is 19.1 Å². The van der Waals surface area contributed by atoms with E-state index < -0.39 is 11.0 Å². The van der Waals surface area contributed by atoms with E-state index in [0.717, 1.165) is 46.2 Å². The van der Waals surface area contributed by atoms with Crippen LogP contribution in [-0.2, 0) is 27.2 Å². The van der Waals surface area contributed by atoms with Gasteiger partial charge in [-0.3, -0.25) is 14.8 Å². The summed E-state index contributed by atoms with van der Waals surface area (Å²) in [5.41, 5.74) is 3.15. The SMILES string of the molecule is O=C1OC2(CCN(C(=O)C3(c4ccc(OCc5ccc6ncccc6c5)cc4)CC3)C2)c2ccncc21. The molecule has 0 bridgehead atoms. The number of esters is 1. The predicted octanol–water partition coefficient (Wildman–Crippen LogP) is 4.54. The van der Waals surface area contributed by atoms with Gasteiger partial charge in [0.25, 0.3) is 0 Å². The Hall–Kier alpha value is -4.26. The van der Waals surface area contributed by atoms with Crippen molar-refractivity contribution >= 4 is 22.8 Å². The fourth-order valence-electron chi connectivity index (χ4n) is 5.81. The van der Waals surface area contributed by atoms with E-state index in [1.807, 2.05) is 59.5 Å². The number of likely N-dealkylation sites (tertiary alicyclic amines) is 1. The highest BCUT2D eigenvalue weighted by atomic mass is 16.6. The van der Waals surface area contributed by atoms with Crippen molar-refractivity contribution in [1.29, 1.82) is 0 Å². The third-order valence-corrected chi connectivity index (χ3v) is 7.98. The van der Waals surface area contributed by atoms with Crippen molar-refractivity contribution in [2.45, 2.75) is 36.9 Å². The monoisotopic (exact) mass is 491 g/mol. The van der Waals surface area contributed by atoms with E-state index in [1.165, 1.54) is 0 Å². The summed E-state index contributed by atoms with van der Waals surface area (Å²) >= 11 is 0. The molecule has 1 atom stereocenters. The van der Waals surface area contributed by atoms with Crippen LogP contribution in [0.15, 0.2) is 79.3 Å². The lowest BCUT2D eigenvalue weighted by atomic mass is 9.92. The molecular formula is C30H25N3O4. The van der Waals surface area contributed by atoms with Crippen molar-refractivity contribution in [2.75, 3.05) is 13.1 Å². The standard InChI is InChI=1S/C30H25N3O4/c34-27-24-17-31-14-9-25(24)30(37-27)12-15-33(19-30)28(35)29(10-11-29)22-4-6-23(7-5-22)36-18-20-3-8-26-21(16-20)2-1-13-32-26/h1-9,13-14,16-17H,10-12,15,18-19H2. The van der Waals surface area contributed by atoms with Gasteiger partial charge >= 0.3 is 5.97 Å². The Kier molecular flexibility index (Phi) is 4.83. The van der Waals surface area contributed by atoms with E-state index in [4.69, 9.17) is 9.47 Å². The number of ether oxygens (including phenoxy) is 2. The second-order valence-corrected chi connectivity index (χ2v) is 10.2. The molecule has 0 N–H and O–H groups in total. The molecule has 4 heterocycles. The average molecular weight is 492 g/mol. The Labute approximate surface area is 214 Å². The number of carbonyl (C=O) groups is 2. The van der Waals surface area contributed by atoms with Crippen molar-refractivity contribution in [3.63, 3.8) is 0 Å². The molecule has 7 nitrogen and oxygen atoms in total. The van der Waals surface area contributed by atoms with Crippen LogP contribution in [0.2, 0.25) is 0 Å². The fraction of sp³-hybridized carbons (Fsp3) is 0.267. The molecule has 2 aliphatic heterocycles. The van der Waals surface area contributed by atoms with E-state index >= 15 is 0 Å². The Bertz CT molecular complexity index is 1550. The summed E-state index contributed by atoms with van der Waals surface area (Å²) in [6.07, 6.45) is 7.27. The average Bonchev–Trinajstić information content (AvgIpc) is 3.57. The lowest BCUT2D eigenvalue weighted by molar-refractivity contribution is -0.134. The van der Waals surface area contributed by atoms with Crippen molar-refractivity contribution in [3.8, 4) is 5.75 Å². The molecule has 1 saturated carbocycles. The summed E-state index contributed by atoms with van der Waals surface area (Å²) in [7, 11) is 0. The van der Waals surface area contributed by atoms with E-state index in [9.17, 15) is 9.59 Å². The zero-order valence-corrected chi connectivity index (χ0v) is 20.2. The van der Waals surface area contributed by atoms with Crippen LogP contribution in [0.4, 0.5) is 0 Å². The van der Waals surface area contributed by atoms with Crippen LogP contribution in [0.25, 0.3) is 10.9 Å². The van der Waals surface area contributed by atoms with Gasteiger partial charge < -0.3 is 14.4 Å². The van der Waals surface area contributed by atoms with Crippen molar-refractivity contribution in [2.24, 2.45) is 0 Å². The van der Waals surface area contributed by atoms with Crippen molar-refractivity contribution in [1.82, 2.24) is 14.9 Å². The molecule has 184 valence electrons. The van der Waals surface area contributed by atoms with Gasteiger partial charge in [0.2, 0.25) is 5.91 Å². The van der Waals surface area contributed by atoms with Gasteiger partial charge in [-0.1, -0.05) is 24.3 Å². The molecule has 37 heavy (non-hydrogen) atoms. The minimum atomic E-state index is -0.752. The quantitative estimate of drug-likeness (QED) is 0.382. The first-order valence-corrected chi connectivity index (χ1v) is 12.6. The number of aromatic nitrogens is 2. The number of benzene rings is 2. The molecule has 0 radical (unpaired) electrons. The number of rotatable bonds is 5. The molecule has 1 unspecified atom stereocenters. The fourth-order valence-corrected chi connectivity index (χ4v) is 5.81. The Morgan fingerprint density at radius 2 is 1.89 bits per heavy atom. The van der Waals surface area contributed by atoms with Crippen LogP contribution in [0.3, 0.4) is 0 Å². The number of amides is 1. The predicted molar refractivity (Wildman–Crippen MR) is 136 cm³/mol. The Morgan fingerprint density at radius 3 is 2.73 bits per heavy atom. The zero-order valence-electron chi connectivity index (χ0n) is 20.2. The molecule has 2 fully saturated rings. The summed E-state index contributed by atoms with van der Waals surface area (Å²) in [4.78, 5) is 36.4. The van der Waals surface area contributed by atoms with Crippen LogP contribution < -0.4 is 4.74 Å². The second-order valence-electron chi connectivity index (χ2n) is 10.2. The van der Waals surface area contributed by atoms with Crippen molar-refractivity contribution in [3.05, 3.63) is 102 Å². The minimum Gasteiger partial charge on any atom is -0.489 e. The molecule has 1 saturated heterocycles. The van der Waals surface area contributed by atoms with E-state index in [0.29, 0.717) is 31.7 Å². The van der Waals surface area contributed by atoms with Gasteiger partial charge in [0, 0.05) is 42.5 Å². The number of hydrogen-bond donors (Lipinski definition) is 0. The molecule has 2 aromatic carbocycles. The van der Waals surface area contributed by atoms with Gasteiger partial charge in [0.1, 0.15) is 12.4 Å². The molecular weight excluding hydrogens is 466 g/mol. The highest BCUT2D eigenvalue weighted by Crippen LogP contribution is 2.52. The van der Waals surface area contributed by atoms with Crippen LogP contribution in [0.1, 0.15) is 46.3 Å². The maximum absolute atomic E-state index is 13.7. The van der Waals surface area contributed by atoms with Crippen LogP contribution in [-0.4, -0.2) is 39.8 Å².